The molecule has 1 N–H and O–H groups in total. The van der Waals surface area contributed by atoms with Crippen LogP contribution in [0.3, 0.4) is 0 Å². The predicted octanol–water partition coefficient (Wildman–Crippen LogP) is 3.70. The molecule has 2 atom stereocenters. The minimum atomic E-state index is 0.0817. The van der Waals surface area contributed by atoms with E-state index >= 15 is 0 Å². The Labute approximate surface area is 188 Å². The summed E-state index contributed by atoms with van der Waals surface area (Å²) in [5.74, 6) is 1.94. The Balaban J connectivity index is 1.46. The number of nitrogens with one attached hydrogen (secondary N) is 1. The van der Waals surface area contributed by atoms with Crippen molar-refractivity contribution in [3.05, 3.63) is 53.1 Å². The fourth-order valence-corrected chi connectivity index (χ4v) is 5.11. The quantitative estimate of drug-likeness (QED) is 0.667. The number of hydrogen-bond donors (Lipinski definition) is 1. The molecular weight excluding hydrogens is 412 g/mol. The highest BCUT2D eigenvalue weighted by Gasteiger charge is 2.30. The summed E-state index contributed by atoms with van der Waals surface area (Å²) in [5, 5.41) is 4.45. The molecule has 3 aromatic rings. The number of likely N-dealkylation sites (N-methyl/N-ethyl adjacent to an activating group) is 1. The summed E-state index contributed by atoms with van der Waals surface area (Å²) in [6.07, 6.45) is 4.92. The van der Waals surface area contributed by atoms with Gasteiger partial charge in [-0.25, -0.2) is 4.98 Å². The Morgan fingerprint density at radius 3 is 2.58 bits per heavy atom. The van der Waals surface area contributed by atoms with Gasteiger partial charge in [-0.1, -0.05) is 17.7 Å². The average molecular weight is 441 g/mol. The molecule has 0 aliphatic carbocycles. The Kier molecular flexibility index (Phi) is 5.73. The first-order chi connectivity index (χ1) is 15.2. The molecule has 8 heteroatoms. The van der Waals surface area contributed by atoms with Crippen LogP contribution in [0.15, 0.2) is 36.5 Å². The zero-order valence-corrected chi connectivity index (χ0v) is 18.8. The first-order valence-electron chi connectivity index (χ1n) is 11.0. The van der Waals surface area contributed by atoms with Crippen LogP contribution in [-0.2, 0) is 0 Å². The van der Waals surface area contributed by atoms with Crippen LogP contribution in [0.5, 0.6) is 5.75 Å². The maximum absolute atomic E-state index is 6.98. The van der Waals surface area contributed by atoms with Gasteiger partial charge in [-0.15, -0.1) is 0 Å². The number of aromatic nitrogens is 3. The van der Waals surface area contributed by atoms with Crippen molar-refractivity contribution in [1.82, 2.24) is 24.6 Å². The number of imidazole rings is 1. The molecule has 0 saturated carbocycles. The molecule has 164 valence electrons. The highest BCUT2D eigenvalue weighted by molar-refractivity contribution is 6.30. The molecule has 0 amide bonds. The summed E-state index contributed by atoms with van der Waals surface area (Å²) in [7, 11) is 3.86. The molecule has 0 bridgehead atoms. The van der Waals surface area contributed by atoms with Crippen LogP contribution in [0, 0.1) is 0 Å². The van der Waals surface area contributed by atoms with Crippen LogP contribution in [0.25, 0.3) is 5.65 Å². The number of halogens is 1. The van der Waals surface area contributed by atoms with Gasteiger partial charge >= 0.3 is 0 Å². The molecule has 5 rings (SSSR count). The van der Waals surface area contributed by atoms with E-state index in [4.69, 9.17) is 21.3 Å². The highest BCUT2D eigenvalue weighted by Crippen LogP contribution is 2.38. The standard InChI is InChI=1S/C23H29ClN6O/c1-28-12-14-29(15-13-28)20-10-4-9-19-27-22(23(24)30(19)20)17-7-3-6-16(26-17)21-18(31-2)8-5-11-25-21/h4-5,8-11,16-17,26H,3,6-7,12-15H2,1-2H3/t16?,17-/m1/s1. The van der Waals surface area contributed by atoms with Crippen LogP contribution in [0.2, 0.25) is 5.15 Å². The maximum atomic E-state index is 6.98. The van der Waals surface area contributed by atoms with Crippen molar-refractivity contribution >= 4 is 23.1 Å². The molecule has 1 unspecified atom stereocenters. The fourth-order valence-electron chi connectivity index (χ4n) is 4.77. The monoisotopic (exact) mass is 440 g/mol. The Morgan fingerprint density at radius 1 is 1.03 bits per heavy atom. The lowest BCUT2D eigenvalue weighted by atomic mass is 9.94. The van der Waals surface area contributed by atoms with E-state index in [0.29, 0.717) is 5.15 Å². The number of anilines is 1. The molecule has 2 aliphatic rings. The number of hydrogen-bond acceptors (Lipinski definition) is 6. The van der Waals surface area contributed by atoms with Gasteiger partial charge in [-0.2, -0.15) is 0 Å². The molecular formula is C23H29ClN6O. The van der Waals surface area contributed by atoms with E-state index in [9.17, 15) is 0 Å². The fraction of sp³-hybridized carbons (Fsp3) is 0.478. The smallest absolute Gasteiger partial charge is 0.141 e. The third kappa shape index (κ3) is 3.86. The summed E-state index contributed by atoms with van der Waals surface area (Å²) in [5.41, 5.74) is 2.77. The number of pyridine rings is 2. The normalized spacial score (nSPS) is 22.7. The first-order valence-corrected chi connectivity index (χ1v) is 11.4. The molecule has 2 saturated heterocycles. The van der Waals surface area contributed by atoms with Gasteiger partial charge in [-0.3, -0.25) is 9.38 Å². The Morgan fingerprint density at radius 2 is 1.81 bits per heavy atom. The summed E-state index contributed by atoms with van der Waals surface area (Å²) >= 11 is 6.98. The molecule has 31 heavy (non-hydrogen) atoms. The summed E-state index contributed by atoms with van der Waals surface area (Å²) in [4.78, 5) is 14.3. The van der Waals surface area contributed by atoms with Gasteiger partial charge in [0.25, 0.3) is 0 Å². The average Bonchev–Trinajstić information content (AvgIpc) is 3.16. The largest absolute Gasteiger partial charge is 0.495 e. The SMILES string of the molecule is COc1cccnc1C1CCC[C@H](c2nc3cccc(N4CCN(C)CC4)n3c2Cl)N1. The third-order valence-corrected chi connectivity index (χ3v) is 6.85. The molecule has 0 spiro atoms. The number of piperazine rings is 1. The predicted molar refractivity (Wildman–Crippen MR) is 123 cm³/mol. The van der Waals surface area contributed by atoms with E-state index in [1.54, 1.807) is 7.11 Å². The van der Waals surface area contributed by atoms with Crippen molar-refractivity contribution in [2.24, 2.45) is 0 Å². The third-order valence-electron chi connectivity index (χ3n) is 6.49. The van der Waals surface area contributed by atoms with Gasteiger partial charge < -0.3 is 19.9 Å². The number of nitrogens with zero attached hydrogens (tertiary/aromatic N) is 5. The lowest BCUT2D eigenvalue weighted by Crippen LogP contribution is -2.45. The second-order valence-electron chi connectivity index (χ2n) is 8.45. The Hall–Kier alpha value is -2.35. The van der Waals surface area contributed by atoms with Gasteiger partial charge in [0.2, 0.25) is 0 Å². The van der Waals surface area contributed by atoms with Crippen molar-refractivity contribution < 1.29 is 4.74 Å². The Bertz CT molecular complexity index is 1060. The first kappa shape index (κ1) is 20.5. The lowest BCUT2D eigenvalue weighted by molar-refractivity contribution is 0.310. The van der Waals surface area contributed by atoms with Gasteiger partial charge in [0, 0.05) is 32.4 Å². The molecule has 7 nitrogen and oxygen atoms in total. The van der Waals surface area contributed by atoms with Gasteiger partial charge in [0.15, 0.2) is 0 Å². The van der Waals surface area contributed by atoms with E-state index < -0.39 is 0 Å². The van der Waals surface area contributed by atoms with Crippen LogP contribution >= 0.6 is 11.6 Å². The van der Waals surface area contributed by atoms with E-state index in [0.717, 1.165) is 74.0 Å². The van der Waals surface area contributed by atoms with Gasteiger partial charge in [0.1, 0.15) is 22.4 Å². The minimum absolute atomic E-state index is 0.0817. The number of ether oxygens (including phenoxy) is 1. The van der Waals surface area contributed by atoms with Crippen LogP contribution in [0.1, 0.15) is 42.7 Å². The topological polar surface area (TPSA) is 57.9 Å². The summed E-state index contributed by atoms with van der Waals surface area (Å²) in [6.45, 7) is 4.08. The maximum Gasteiger partial charge on any atom is 0.141 e. The van der Waals surface area contributed by atoms with Crippen LogP contribution < -0.4 is 15.0 Å². The zero-order valence-electron chi connectivity index (χ0n) is 18.1. The van der Waals surface area contributed by atoms with Crippen molar-refractivity contribution in [2.45, 2.75) is 31.3 Å². The molecule has 0 radical (unpaired) electrons. The number of piperidine rings is 1. The molecule has 3 aromatic heterocycles. The molecule has 2 aliphatic heterocycles. The summed E-state index contributed by atoms with van der Waals surface area (Å²) < 4.78 is 7.65. The van der Waals surface area contributed by atoms with Crippen molar-refractivity contribution in [1.29, 1.82) is 0 Å². The van der Waals surface area contributed by atoms with Gasteiger partial charge in [0.05, 0.1) is 30.6 Å². The molecule has 2 fully saturated rings. The second-order valence-corrected chi connectivity index (χ2v) is 8.81. The van der Waals surface area contributed by atoms with E-state index in [1.165, 1.54) is 0 Å². The number of fused-ring (bicyclic) bond motifs is 1. The van der Waals surface area contributed by atoms with E-state index in [2.05, 4.69) is 43.7 Å². The van der Waals surface area contributed by atoms with Crippen LogP contribution in [0.4, 0.5) is 5.82 Å². The molecule has 0 aromatic carbocycles. The van der Waals surface area contributed by atoms with Crippen molar-refractivity contribution in [2.75, 3.05) is 45.2 Å². The number of methoxy groups -OCH3 is 1. The van der Waals surface area contributed by atoms with E-state index in [1.807, 2.05) is 24.4 Å². The minimum Gasteiger partial charge on any atom is -0.495 e. The number of rotatable bonds is 4. The second kappa shape index (κ2) is 8.65. The lowest BCUT2D eigenvalue weighted by Gasteiger charge is -2.34. The van der Waals surface area contributed by atoms with Crippen molar-refractivity contribution in [3.8, 4) is 5.75 Å². The molecule has 5 heterocycles. The summed E-state index contributed by atoms with van der Waals surface area (Å²) in [6, 6.07) is 10.3. The van der Waals surface area contributed by atoms with Crippen LogP contribution in [-0.4, -0.2) is 59.6 Å². The van der Waals surface area contributed by atoms with Crippen molar-refractivity contribution in [3.63, 3.8) is 0 Å². The van der Waals surface area contributed by atoms with Gasteiger partial charge in [-0.05, 0) is 50.6 Å². The zero-order chi connectivity index (χ0) is 21.4. The highest BCUT2D eigenvalue weighted by atomic mass is 35.5. The van der Waals surface area contributed by atoms with E-state index in [-0.39, 0.29) is 12.1 Å².